The minimum Gasteiger partial charge on any atom is -0.383 e. The Morgan fingerprint density at radius 1 is 1.38 bits per heavy atom. The molecule has 16 heavy (non-hydrogen) atoms. The Balaban J connectivity index is 0.00000256. The molecule has 90 valence electrons. The summed E-state index contributed by atoms with van der Waals surface area (Å²) in [5.74, 6) is -0.0416. The summed E-state index contributed by atoms with van der Waals surface area (Å²) in [6.07, 6.45) is 2.19. The monoisotopic (exact) mass is 223 g/mol. The molecule has 0 aromatic heterocycles. The van der Waals surface area contributed by atoms with E-state index in [9.17, 15) is 4.79 Å². The Morgan fingerprint density at radius 3 is 2.62 bits per heavy atom. The van der Waals surface area contributed by atoms with Crippen molar-refractivity contribution in [3.05, 3.63) is 35.4 Å². The molecule has 0 aliphatic carbocycles. The van der Waals surface area contributed by atoms with Crippen molar-refractivity contribution in [3.63, 3.8) is 0 Å². The zero-order valence-electron chi connectivity index (χ0n) is 9.95. The van der Waals surface area contributed by atoms with Crippen LogP contribution in [0.5, 0.6) is 0 Å². The standard InChI is InChI=1S/C13H19NO2.H2/c1-3-4-11-5-7-12(8-6-11)13(15)14-9-10-16-2;/h5-8H,3-4,9-10H2,1-2H3,(H,14,15);1H. The zero-order chi connectivity index (χ0) is 11.8. The molecule has 1 aromatic rings. The van der Waals surface area contributed by atoms with Gasteiger partial charge in [-0.1, -0.05) is 25.5 Å². The van der Waals surface area contributed by atoms with Crippen LogP contribution >= 0.6 is 0 Å². The zero-order valence-corrected chi connectivity index (χ0v) is 9.95. The fourth-order valence-electron chi connectivity index (χ4n) is 1.48. The molecule has 0 spiro atoms. The van der Waals surface area contributed by atoms with Crippen LogP contribution in [0.2, 0.25) is 0 Å². The Hall–Kier alpha value is -1.35. The van der Waals surface area contributed by atoms with E-state index in [0.717, 1.165) is 12.8 Å². The molecule has 1 amide bonds. The third-order valence-electron chi connectivity index (χ3n) is 2.35. The summed E-state index contributed by atoms with van der Waals surface area (Å²) in [5.41, 5.74) is 1.98. The van der Waals surface area contributed by atoms with E-state index >= 15 is 0 Å². The number of nitrogens with one attached hydrogen (secondary N) is 1. The molecule has 0 aliphatic rings. The van der Waals surface area contributed by atoms with Gasteiger partial charge < -0.3 is 10.1 Å². The van der Waals surface area contributed by atoms with E-state index in [1.54, 1.807) is 7.11 Å². The van der Waals surface area contributed by atoms with E-state index in [2.05, 4.69) is 12.2 Å². The Kier molecular flexibility index (Phi) is 5.57. The lowest BCUT2D eigenvalue weighted by Gasteiger charge is -2.05. The number of hydrogen-bond donors (Lipinski definition) is 1. The average molecular weight is 223 g/mol. The number of ether oxygens (including phenoxy) is 1. The smallest absolute Gasteiger partial charge is 0.251 e. The van der Waals surface area contributed by atoms with Crippen LogP contribution in [0.1, 0.15) is 30.7 Å². The second-order valence-electron chi connectivity index (χ2n) is 3.70. The van der Waals surface area contributed by atoms with E-state index in [-0.39, 0.29) is 7.33 Å². The van der Waals surface area contributed by atoms with Gasteiger partial charge in [-0.15, -0.1) is 0 Å². The van der Waals surface area contributed by atoms with Gasteiger partial charge in [0.05, 0.1) is 6.61 Å². The van der Waals surface area contributed by atoms with Crippen LogP contribution in [0.4, 0.5) is 0 Å². The fraction of sp³-hybridized carbons (Fsp3) is 0.462. The predicted octanol–water partition coefficient (Wildman–Crippen LogP) is 2.26. The molecule has 3 heteroatoms. The van der Waals surface area contributed by atoms with Gasteiger partial charge in [0.2, 0.25) is 0 Å². The highest BCUT2D eigenvalue weighted by molar-refractivity contribution is 5.94. The molecule has 0 aliphatic heterocycles. The van der Waals surface area contributed by atoms with Gasteiger partial charge in [-0.25, -0.2) is 0 Å². The van der Waals surface area contributed by atoms with Crippen LogP contribution in [0.3, 0.4) is 0 Å². The summed E-state index contributed by atoms with van der Waals surface area (Å²) >= 11 is 0. The molecule has 0 saturated heterocycles. The van der Waals surface area contributed by atoms with E-state index < -0.39 is 0 Å². The SMILES string of the molecule is CCCc1ccc(C(=O)NCCOC)cc1.[HH]. The summed E-state index contributed by atoms with van der Waals surface area (Å²) in [6, 6.07) is 7.75. The van der Waals surface area contributed by atoms with Gasteiger partial charge in [-0.2, -0.15) is 0 Å². The third-order valence-corrected chi connectivity index (χ3v) is 2.35. The highest BCUT2D eigenvalue weighted by Gasteiger charge is 2.03. The molecule has 1 rings (SSSR count). The first kappa shape index (κ1) is 12.7. The molecule has 0 unspecified atom stereocenters. The third kappa shape index (κ3) is 4.03. The predicted molar refractivity (Wildman–Crippen MR) is 66.8 cm³/mol. The first-order valence-electron chi connectivity index (χ1n) is 5.64. The lowest BCUT2D eigenvalue weighted by Crippen LogP contribution is -2.26. The summed E-state index contributed by atoms with van der Waals surface area (Å²) in [7, 11) is 1.62. The lowest BCUT2D eigenvalue weighted by atomic mass is 10.1. The average Bonchev–Trinajstić information content (AvgIpc) is 2.30. The number of methoxy groups -OCH3 is 1. The van der Waals surface area contributed by atoms with Crippen LogP contribution in [0.15, 0.2) is 24.3 Å². The topological polar surface area (TPSA) is 38.3 Å². The van der Waals surface area contributed by atoms with Gasteiger partial charge in [0.15, 0.2) is 0 Å². The Bertz CT molecular complexity index is 325. The van der Waals surface area contributed by atoms with Crippen LogP contribution in [-0.4, -0.2) is 26.2 Å². The van der Waals surface area contributed by atoms with Crippen LogP contribution < -0.4 is 5.32 Å². The van der Waals surface area contributed by atoms with Gasteiger partial charge in [0.1, 0.15) is 0 Å². The quantitative estimate of drug-likeness (QED) is 0.751. The largest absolute Gasteiger partial charge is 0.383 e. The van der Waals surface area contributed by atoms with Gasteiger partial charge in [-0.05, 0) is 24.1 Å². The molecule has 0 saturated carbocycles. The number of rotatable bonds is 6. The molecule has 1 aromatic carbocycles. The van der Waals surface area contributed by atoms with Crippen molar-refractivity contribution in [2.45, 2.75) is 19.8 Å². The minimum atomic E-state index is -0.0416. The minimum absolute atomic E-state index is 0. The highest BCUT2D eigenvalue weighted by atomic mass is 16.5. The van der Waals surface area contributed by atoms with E-state index in [0.29, 0.717) is 18.7 Å². The molecule has 0 fully saturated rings. The van der Waals surface area contributed by atoms with Crippen LogP contribution in [0, 0.1) is 0 Å². The summed E-state index contributed by atoms with van der Waals surface area (Å²) in [6.45, 7) is 3.23. The number of hydrogen-bond acceptors (Lipinski definition) is 2. The molecule has 0 radical (unpaired) electrons. The summed E-state index contributed by atoms with van der Waals surface area (Å²) < 4.78 is 4.86. The van der Waals surface area contributed by atoms with Crippen molar-refractivity contribution in [2.75, 3.05) is 20.3 Å². The van der Waals surface area contributed by atoms with E-state index in [4.69, 9.17) is 4.74 Å². The van der Waals surface area contributed by atoms with Crippen molar-refractivity contribution < 1.29 is 11.0 Å². The second-order valence-corrected chi connectivity index (χ2v) is 3.70. The molecule has 3 nitrogen and oxygen atoms in total. The molecule has 0 heterocycles. The first-order chi connectivity index (χ1) is 7.77. The Morgan fingerprint density at radius 2 is 2.06 bits per heavy atom. The van der Waals surface area contributed by atoms with Gasteiger partial charge in [-0.3, -0.25) is 4.79 Å². The molecule has 0 atom stereocenters. The van der Waals surface area contributed by atoms with Crippen molar-refractivity contribution in [2.24, 2.45) is 0 Å². The number of carbonyl (C=O) groups is 1. The van der Waals surface area contributed by atoms with Crippen molar-refractivity contribution in [3.8, 4) is 0 Å². The lowest BCUT2D eigenvalue weighted by molar-refractivity contribution is 0.0937. The van der Waals surface area contributed by atoms with Gasteiger partial charge >= 0.3 is 0 Å². The van der Waals surface area contributed by atoms with Gasteiger partial charge in [0.25, 0.3) is 5.91 Å². The first-order valence-corrected chi connectivity index (χ1v) is 5.64. The second kappa shape index (κ2) is 7.01. The van der Waals surface area contributed by atoms with Gasteiger partial charge in [0, 0.05) is 20.6 Å². The number of benzene rings is 1. The maximum Gasteiger partial charge on any atom is 0.251 e. The fourth-order valence-corrected chi connectivity index (χ4v) is 1.48. The summed E-state index contributed by atoms with van der Waals surface area (Å²) in [4.78, 5) is 11.6. The van der Waals surface area contributed by atoms with E-state index in [1.165, 1.54) is 5.56 Å². The maximum atomic E-state index is 11.6. The summed E-state index contributed by atoms with van der Waals surface area (Å²) in [5, 5.41) is 2.79. The molecular formula is C13H21NO2. The van der Waals surface area contributed by atoms with Crippen molar-refractivity contribution >= 4 is 5.91 Å². The van der Waals surface area contributed by atoms with Crippen LogP contribution in [-0.2, 0) is 11.2 Å². The van der Waals surface area contributed by atoms with Crippen molar-refractivity contribution in [1.82, 2.24) is 5.32 Å². The van der Waals surface area contributed by atoms with E-state index in [1.807, 2.05) is 24.3 Å². The highest BCUT2D eigenvalue weighted by Crippen LogP contribution is 2.06. The maximum absolute atomic E-state index is 11.6. The Labute approximate surface area is 98.3 Å². The van der Waals surface area contributed by atoms with Crippen molar-refractivity contribution in [1.29, 1.82) is 0 Å². The number of carbonyl (C=O) groups excluding carboxylic acids is 1. The number of aryl methyl sites for hydroxylation is 1. The normalized spacial score (nSPS) is 10.1. The molecule has 0 bridgehead atoms. The van der Waals surface area contributed by atoms with Crippen LogP contribution in [0.25, 0.3) is 0 Å². The number of amides is 1. The molecular weight excluding hydrogens is 202 g/mol. The molecule has 1 N–H and O–H groups in total.